The van der Waals surface area contributed by atoms with Crippen molar-refractivity contribution in [3.8, 4) is 0 Å². The maximum absolute atomic E-state index is 9.58. The van der Waals surface area contributed by atoms with Crippen molar-refractivity contribution in [1.82, 2.24) is 4.90 Å². The predicted octanol–water partition coefficient (Wildman–Crippen LogP) is 0.765. The molecule has 68 valence electrons. The van der Waals surface area contributed by atoms with Crippen LogP contribution < -0.4 is 0 Å². The molecule has 2 N–H and O–H groups in total. The summed E-state index contributed by atoms with van der Waals surface area (Å²) in [5.74, 6) is 0. The molecular formula is C8H19NO2. The molecule has 0 radical (unpaired) electrons. The van der Waals surface area contributed by atoms with Crippen LogP contribution in [-0.4, -0.2) is 33.1 Å². The lowest BCUT2D eigenvalue weighted by atomic mass is 10.1. The summed E-state index contributed by atoms with van der Waals surface area (Å²) in [4.78, 5) is 1.61. The van der Waals surface area contributed by atoms with Gasteiger partial charge in [0.15, 0.2) is 0 Å². The Morgan fingerprint density at radius 2 is 1.27 bits per heavy atom. The number of nitrogens with zero attached hydrogens (tertiary/aromatic N) is 1. The van der Waals surface area contributed by atoms with Crippen LogP contribution in [0.15, 0.2) is 0 Å². The molecule has 0 bridgehead atoms. The van der Waals surface area contributed by atoms with Crippen LogP contribution >= 0.6 is 0 Å². The van der Waals surface area contributed by atoms with Crippen molar-refractivity contribution in [2.75, 3.05) is 6.54 Å². The lowest BCUT2D eigenvalue weighted by molar-refractivity contribution is -0.197. The Bertz CT molecular complexity index is 107. The molecule has 0 aliphatic carbocycles. The fraction of sp³-hybridized carbons (Fsp3) is 1.00. The van der Waals surface area contributed by atoms with Crippen LogP contribution in [0.25, 0.3) is 0 Å². The Balaban J connectivity index is 4.43. The van der Waals surface area contributed by atoms with Crippen LogP contribution in [0, 0.1) is 0 Å². The quantitative estimate of drug-likeness (QED) is 0.601. The molecule has 0 amide bonds. The van der Waals surface area contributed by atoms with Crippen LogP contribution in [0.5, 0.6) is 0 Å². The lowest BCUT2D eigenvalue weighted by Gasteiger charge is -2.41. The van der Waals surface area contributed by atoms with Gasteiger partial charge in [0.2, 0.25) is 0 Å². The first-order valence-electron chi connectivity index (χ1n) is 3.92. The van der Waals surface area contributed by atoms with Gasteiger partial charge in [0.05, 0.1) is 0 Å². The van der Waals surface area contributed by atoms with E-state index in [1.165, 1.54) is 0 Å². The smallest absolute Gasteiger partial charge is 0.115 e. The Kier molecular flexibility index (Phi) is 3.06. The zero-order valence-corrected chi connectivity index (χ0v) is 8.05. The van der Waals surface area contributed by atoms with E-state index >= 15 is 0 Å². The van der Waals surface area contributed by atoms with Gasteiger partial charge in [-0.1, -0.05) is 6.92 Å². The second-order valence-electron chi connectivity index (χ2n) is 3.73. The van der Waals surface area contributed by atoms with E-state index in [0.29, 0.717) is 6.54 Å². The van der Waals surface area contributed by atoms with Gasteiger partial charge in [-0.15, -0.1) is 0 Å². The van der Waals surface area contributed by atoms with Crippen LogP contribution in [0.4, 0.5) is 0 Å². The van der Waals surface area contributed by atoms with Gasteiger partial charge in [0, 0.05) is 6.54 Å². The van der Waals surface area contributed by atoms with E-state index in [1.54, 1.807) is 32.6 Å². The minimum absolute atomic E-state index is 0.618. The van der Waals surface area contributed by atoms with Crippen molar-refractivity contribution in [1.29, 1.82) is 0 Å². The van der Waals surface area contributed by atoms with Gasteiger partial charge in [-0.25, -0.2) is 4.90 Å². The average Bonchev–Trinajstić information content (AvgIpc) is 1.56. The summed E-state index contributed by atoms with van der Waals surface area (Å²) in [6, 6.07) is 0. The van der Waals surface area contributed by atoms with Gasteiger partial charge in [0.25, 0.3) is 0 Å². The number of hydrogen-bond donors (Lipinski definition) is 2. The third-order valence-electron chi connectivity index (χ3n) is 1.64. The monoisotopic (exact) mass is 161 g/mol. The topological polar surface area (TPSA) is 43.7 Å². The van der Waals surface area contributed by atoms with Crippen molar-refractivity contribution < 1.29 is 10.2 Å². The van der Waals surface area contributed by atoms with E-state index in [4.69, 9.17) is 0 Å². The van der Waals surface area contributed by atoms with Gasteiger partial charge in [-0.3, -0.25) is 0 Å². The molecule has 0 saturated heterocycles. The van der Waals surface area contributed by atoms with E-state index in [-0.39, 0.29) is 0 Å². The molecule has 0 unspecified atom stereocenters. The highest BCUT2D eigenvalue weighted by Gasteiger charge is 2.32. The molecule has 0 atom stereocenters. The molecule has 0 aromatic rings. The molecular weight excluding hydrogens is 142 g/mol. The van der Waals surface area contributed by atoms with Crippen molar-refractivity contribution in [2.24, 2.45) is 0 Å². The molecule has 0 spiro atoms. The molecule has 3 heteroatoms. The molecule has 0 aromatic heterocycles. The van der Waals surface area contributed by atoms with Crippen LogP contribution in [0.3, 0.4) is 0 Å². The molecule has 0 aromatic carbocycles. The molecule has 0 saturated carbocycles. The Morgan fingerprint density at radius 3 is 1.27 bits per heavy atom. The van der Waals surface area contributed by atoms with Crippen LogP contribution in [-0.2, 0) is 0 Å². The Hall–Kier alpha value is -0.120. The minimum Gasteiger partial charge on any atom is -0.376 e. The number of rotatable bonds is 3. The minimum atomic E-state index is -0.965. The SMILES string of the molecule is CCN(C(C)(C)O)C(C)(C)O. The van der Waals surface area contributed by atoms with Crippen LogP contribution in [0.2, 0.25) is 0 Å². The van der Waals surface area contributed by atoms with Gasteiger partial charge in [-0.2, -0.15) is 0 Å². The third kappa shape index (κ3) is 3.18. The van der Waals surface area contributed by atoms with Gasteiger partial charge < -0.3 is 10.2 Å². The summed E-state index contributed by atoms with van der Waals surface area (Å²) >= 11 is 0. The van der Waals surface area contributed by atoms with Crippen molar-refractivity contribution in [3.05, 3.63) is 0 Å². The van der Waals surface area contributed by atoms with E-state index in [0.717, 1.165) is 0 Å². The van der Waals surface area contributed by atoms with Crippen molar-refractivity contribution >= 4 is 0 Å². The molecule has 0 heterocycles. The van der Waals surface area contributed by atoms with E-state index < -0.39 is 11.4 Å². The number of aliphatic hydroxyl groups is 2. The van der Waals surface area contributed by atoms with Gasteiger partial charge >= 0.3 is 0 Å². The highest BCUT2D eigenvalue weighted by atomic mass is 16.3. The summed E-state index contributed by atoms with van der Waals surface area (Å²) in [5.41, 5.74) is -1.93. The fourth-order valence-electron chi connectivity index (χ4n) is 1.44. The molecule has 3 nitrogen and oxygen atoms in total. The largest absolute Gasteiger partial charge is 0.376 e. The normalized spacial score (nSPS) is 14.2. The number of hydrogen-bond acceptors (Lipinski definition) is 3. The van der Waals surface area contributed by atoms with E-state index in [2.05, 4.69) is 0 Å². The first-order valence-corrected chi connectivity index (χ1v) is 3.92. The average molecular weight is 161 g/mol. The molecule has 0 aliphatic rings. The fourth-order valence-corrected chi connectivity index (χ4v) is 1.44. The highest BCUT2D eigenvalue weighted by molar-refractivity contribution is 4.76. The highest BCUT2D eigenvalue weighted by Crippen LogP contribution is 2.19. The summed E-state index contributed by atoms with van der Waals surface area (Å²) in [5, 5.41) is 19.2. The van der Waals surface area contributed by atoms with E-state index in [9.17, 15) is 10.2 Å². The zero-order chi connectivity index (χ0) is 9.28. The molecule has 0 fully saturated rings. The second-order valence-corrected chi connectivity index (χ2v) is 3.73. The van der Waals surface area contributed by atoms with Gasteiger partial charge in [-0.05, 0) is 27.7 Å². The maximum Gasteiger partial charge on any atom is 0.115 e. The van der Waals surface area contributed by atoms with Crippen molar-refractivity contribution in [2.45, 2.75) is 46.1 Å². The first kappa shape index (κ1) is 10.9. The lowest BCUT2D eigenvalue weighted by Crippen LogP contribution is -2.55. The van der Waals surface area contributed by atoms with E-state index in [1.807, 2.05) is 6.92 Å². The predicted molar refractivity (Wildman–Crippen MR) is 45.0 cm³/mol. The molecule has 11 heavy (non-hydrogen) atoms. The Labute approximate surface area is 68.6 Å². The molecule has 0 aliphatic heterocycles. The third-order valence-corrected chi connectivity index (χ3v) is 1.64. The summed E-state index contributed by atoms with van der Waals surface area (Å²) in [7, 11) is 0. The zero-order valence-electron chi connectivity index (χ0n) is 8.05. The standard InChI is InChI=1S/C8H19NO2/c1-6-9(7(2,3)10)8(4,5)11/h10-11H,6H2,1-5H3. The molecule has 0 rings (SSSR count). The van der Waals surface area contributed by atoms with Crippen molar-refractivity contribution in [3.63, 3.8) is 0 Å². The first-order chi connectivity index (χ1) is 4.69. The van der Waals surface area contributed by atoms with Crippen LogP contribution in [0.1, 0.15) is 34.6 Å². The second kappa shape index (κ2) is 3.09. The maximum atomic E-state index is 9.58. The summed E-state index contributed by atoms with van der Waals surface area (Å²) in [6.45, 7) is 9.16. The summed E-state index contributed by atoms with van der Waals surface area (Å²) < 4.78 is 0. The van der Waals surface area contributed by atoms with Gasteiger partial charge in [0.1, 0.15) is 11.4 Å². The summed E-state index contributed by atoms with van der Waals surface area (Å²) in [6.07, 6.45) is 0. The Morgan fingerprint density at radius 1 is 1.00 bits per heavy atom.